The predicted molar refractivity (Wildman–Crippen MR) is 127 cm³/mol. The van der Waals surface area contributed by atoms with Crippen LogP contribution in [0.2, 0.25) is 0 Å². The summed E-state index contributed by atoms with van der Waals surface area (Å²) >= 11 is 0. The van der Waals surface area contributed by atoms with Gasteiger partial charge in [0.05, 0.1) is 0 Å². The molecule has 4 heterocycles. The molecule has 0 bridgehead atoms. The van der Waals surface area contributed by atoms with Gasteiger partial charge in [-0.15, -0.1) is 0 Å². The minimum absolute atomic E-state index is 0.0125. The lowest BCUT2D eigenvalue weighted by molar-refractivity contribution is -0.141. The number of nitrogens with one attached hydrogen (secondary N) is 2. The summed E-state index contributed by atoms with van der Waals surface area (Å²) in [6, 6.07) is 14.2. The molecule has 1 aromatic heterocycles. The maximum Gasteiger partial charge on any atom is 0.241 e. The molecule has 33 heavy (non-hydrogen) atoms. The van der Waals surface area contributed by atoms with Crippen LogP contribution in [-0.2, 0) is 9.59 Å². The molecule has 3 aliphatic rings. The number of piperidine rings is 1. The van der Waals surface area contributed by atoms with Crippen LogP contribution in [-0.4, -0.2) is 58.8 Å². The van der Waals surface area contributed by atoms with E-state index in [1.54, 1.807) is 6.20 Å². The van der Waals surface area contributed by atoms with Gasteiger partial charge in [-0.3, -0.25) is 14.6 Å². The van der Waals surface area contributed by atoms with Gasteiger partial charge >= 0.3 is 0 Å². The van der Waals surface area contributed by atoms with Crippen LogP contribution < -0.4 is 10.9 Å². The van der Waals surface area contributed by atoms with Crippen LogP contribution in [0.25, 0.3) is 5.57 Å². The molecule has 0 radical (unpaired) electrons. The van der Waals surface area contributed by atoms with Gasteiger partial charge in [-0.25, -0.2) is 10.9 Å². The van der Waals surface area contributed by atoms with Gasteiger partial charge in [0.1, 0.15) is 6.04 Å². The first-order chi connectivity index (χ1) is 16.2. The summed E-state index contributed by atoms with van der Waals surface area (Å²) in [6.07, 6.45) is 8.85. The number of benzene rings is 1. The van der Waals surface area contributed by atoms with Crippen molar-refractivity contribution in [3.63, 3.8) is 0 Å². The topological polar surface area (TPSA) is 77.6 Å². The van der Waals surface area contributed by atoms with Crippen molar-refractivity contribution in [2.45, 2.75) is 37.8 Å². The molecule has 2 aromatic rings. The Labute approximate surface area is 194 Å². The van der Waals surface area contributed by atoms with E-state index in [0.29, 0.717) is 26.1 Å². The minimum atomic E-state index is -0.244. The monoisotopic (exact) mass is 445 g/mol. The zero-order valence-electron chi connectivity index (χ0n) is 18.8. The smallest absolute Gasteiger partial charge is 0.241 e. The van der Waals surface area contributed by atoms with Gasteiger partial charge in [-0.05, 0) is 48.4 Å². The number of hydrazine groups is 1. The van der Waals surface area contributed by atoms with Crippen molar-refractivity contribution in [1.82, 2.24) is 25.6 Å². The zero-order valence-corrected chi connectivity index (χ0v) is 18.8. The molecular weight excluding hydrogens is 414 g/mol. The summed E-state index contributed by atoms with van der Waals surface area (Å²) in [5.41, 5.74) is 10.0. The average Bonchev–Trinajstić information content (AvgIpc) is 3.40. The Bertz CT molecular complexity index is 1000. The lowest BCUT2D eigenvalue weighted by Gasteiger charge is -2.36. The fraction of sp³-hybridized carbons (Fsp3) is 0.423. The van der Waals surface area contributed by atoms with Gasteiger partial charge in [0.15, 0.2) is 0 Å². The number of nitrogens with zero attached hydrogens (tertiary/aromatic N) is 3. The van der Waals surface area contributed by atoms with Crippen LogP contribution in [0, 0.1) is 5.92 Å². The zero-order chi connectivity index (χ0) is 22.6. The van der Waals surface area contributed by atoms with Gasteiger partial charge in [0, 0.05) is 50.5 Å². The molecule has 2 atom stereocenters. The molecule has 7 heteroatoms. The number of aromatic nitrogens is 1. The van der Waals surface area contributed by atoms with E-state index in [9.17, 15) is 9.59 Å². The van der Waals surface area contributed by atoms with Crippen molar-refractivity contribution in [3.8, 4) is 0 Å². The highest BCUT2D eigenvalue weighted by atomic mass is 16.2. The molecule has 5 rings (SSSR count). The summed E-state index contributed by atoms with van der Waals surface area (Å²) in [7, 11) is 0. The van der Waals surface area contributed by atoms with E-state index in [4.69, 9.17) is 0 Å². The Morgan fingerprint density at radius 3 is 2.42 bits per heavy atom. The third-order valence-corrected chi connectivity index (χ3v) is 7.11. The van der Waals surface area contributed by atoms with E-state index in [0.717, 1.165) is 31.4 Å². The second-order valence-electron chi connectivity index (χ2n) is 9.15. The van der Waals surface area contributed by atoms with Crippen LogP contribution in [0.5, 0.6) is 0 Å². The van der Waals surface area contributed by atoms with Crippen LogP contribution >= 0.6 is 0 Å². The Balaban J connectivity index is 1.10. The molecule has 1 aromatic carbocycles. The highest BCUT2D eigenvalue weighted by molar-refractivity contribution is 5.84. The van der Waals surface area contributed by atoms with Crippen molar-refractivity contribution in [3.05, 3.63) is 72.1 Å². The maximum atomic E-state index is 13.1. The van der Waals surface area contributed by atoms with Gasteiger partial charge in [-0.1, -0.05) is 42.5 Å². The van der Waals surface area contributed by atoms with Crippen molar-refractivity contribution in [2.24, 2.45) is 5.92 Å². The number of amides is 2. The molecule has 2 amide bonds. The van der Waals surface area contributed by atoms with Crippen molar-refractivity contribution >= 4 is 17.4 Å². The van der Waals surface area contributed by atoms with E-state index in [-0.39, 0.29) is 29.8 Å². The summed E-state index contributed by atoms with van der Waals surface area (Å²) in [5.74, 6) is 0.370. The first-order valence-electron chi connectivity index (χ1n) is 11.9. The second kappa shape index (κ2) is 9.85. The number of hydrogen-bond acceptors (Lipinski definition) is 5. The lowest BCUT2D eigenvalue weighted by atomic mass is 9.93. The molecule has 0 saturated carbocycles. The van der Waals surface area contributed by atoms with Crippen molar-refractivity contribution < 1.29 is 9.59 Å². The number of carbonyl (C=O) groups excluding carboxylic acids is 2. The van der Waals surface area contributed by atoms with E-state index in [1.165, 1.54) is 11.1 Å². The molecule has 0 spiro atoms. The molecule has 2 unspecified atom stereocenters. The molecule has 2 fully saturated rings. The molecular formula is C26H31N5O2. The SMILES string of the molecule is O=C(C1CCN(C(=O)C2CC(c3cccnc3)NN2)CC1)N1CC=C(c2ccccc2)CC1. The standard InChI is InChI=1S/C26H31N5O2/c32-25(30-13-8-20(9-14-30)19-5-2-1-3-6-19)21-10-15-31(16-11-21)26(33)24-17-23(28-29-24)22-7-4-12-27-18-22/h1-8,12,18,21,23-24,28-29H,9-11,13-17H2. The van der Waals surface area contributed by atoms with Gasteiger partial charge in [0.2, 0.25) is 11.8 Å². The highest BCUT2D eigenvalue weighted by Crippen LogP contribution is 2.27. The van der Waals surface area contributed by atoms with Crippen LogP contribution in [0.4, 0.5) is 0 Å². The van der Waals surface area contributed by atoms with Gasteiger partial charge < -0.3 is 9.80 Å². The summed E-state index contributed by atoms with van der Waals surface area (Å²) in [5, 5.41) is 0. The molecule has 2 N–H and O–H groups in total. The summed E-state index contributed by atoms with van der Waals surface area (Å²) < 4.78 is 0. The third-order valence-electron chi connectivity index (χ3n) is 7.11. The number of carbonyl (C=O) groups is 2. The first kappa shape index (κ1) is 21.8. The largest absolute Gasteiger partial charge is 0.341 e. The predicted octanol–water partition coefficient (Wildman–Crippen LogP) is 2.54. The minimum Gasteiger partial charge on any atom is -0.341 e. The maximum absolute atomic E-state index is 13.1. The Morgan fingerprint density at radius 2 is 1.73 bits per heavy atom. The van der Waals surface area contributed by atoms with Crippen LogP contribution in [0.3, 0.4) is 0 Å². The lowest BCUT2D eigenvalue weighted by Crippen LogP contribution is -2.50. The van der Waals surface area contributed by atoms with Crippen LogP contribution in [0.1, 0.15) is 42.9 Å². The average molecular weight is 446 g/mol. The van der Waals surface area contributed by atoms with Crippen molar-refractivity contribution in [1.29, 1.82) is 0 Å². The highest BCUT2D eigenvalue weighted by Gasteiger charge is 2.36. The van der Waals surface area contributed by atoms with E-state index in [2.05, 4.69) is 46.2 Å². The van der Waals surface area contributed by atoms with Gasteiger partial charge in [-0.2, -0.15) is 0 Å². The quantitative estimate of drug-likeness (QED) is 0.756. The molecule has 172 valence electrons. The number of pyridine rings is 1. The Kier molecular flexibility index (Phi) is 6.51. The normalized spacial score (nSPS) is 23.9. The first-order valence-corrected chi connectivity index (χ1v) is 11.9. The van der Waals surface area contributed by atoms with E-state index in [1.807, 2.05) is 34.2 Å². The molecule has 2 saturated heterocycles. The fourth-order valence-electron chi connectivity index (χ4n) is 5.13. The number of hydrogen-bond donors (Lipinski definition) is 2. The summed E-state index contributed by atoms with van der Waals surface area (Å²) in [4.78, 5) is 34.2. The van der Waals surface area contributed by atoms with Crippen LogP contribution in [0.15, 0.2) is 60.9 Å². The van der Waals surface area contributed by atoms with E-state index < -0.39 is 0 Å². The molecule has 0 aliphatic carbocycles. The number of rotatable bonds is 4. The van der Waals surface area contributed by atoms with Crippen molar-refractivity contribution in [2.75, 3.05) is 26.2 Å². The summed E-state index contributed by atoms with van der Waals surface area (Å²) in [6.45, 7) is 2.73. The van der Waals surface area contributed by atoms with E-state index >= 15 is 0 Å². The Hall–Kier alpha value is -3.03. The fourth-order valence-corrected chi connectivity index (χ4v) is 5.13. The third kappa shape index (κ3) is 4.84. The van der Waals surface area contributed by atoms with Gasteiger partial charge in [0.25, 0.3) is 0 Å². The Morgan fingerprint density at radius 1 is 0.909 bits per heavy atom. The number of likely N-dealkylation sites (tertiary alicyclic amines) is 1. The molecule has 3 aliphatic heterocycles. The second-order valence-corrected chi connectivity index (χ2v) is 9.15. The molecule has 7 nitrogen and oxygen atoms in total.